The van der Waals surface area contributed by atoms with Crippen molar-refractivity contribution in [3.63, 3.8) is 0 Å². The number of hydrogen-bond acceptors (Lipinski definition) is 4. The van der Waals surface area contributed by atoms with Crippen molar-refractivity contribution in [3.8, 4) is 0 Å². The zero-order valence-corrected chi connectivity index (χ0v) is 13.9. The van der Waals surface area contributed by atoms with Crippen molar-refractivity contribution in [1.82, 2.24) is 15.3 Å². The van der Waals surface area contributed by atoms with Crippen LogP contribution in [0.2, 0.25) is 0 Å². The average Bonchev–Trinajstić information content (AvgIpc) is 2.48. The molecular formula is C17H23N3S. The standard InChI is InChI=1S/C17H23N3S/c1-5-18-16(15-8-6-12(2)7-9-15)14(4)21-17-19-10-13(3)11-20-17/h6-11,14,16,18H,5H2,1-4H3. The zero-order valence-electron chi connectivity index (χ0n) is 13.1. The van der Waals surface area contributed by atoms with Gasteiger partial charge in [-0.25, -0.2) is 9.97 Å². The third kappa shape index (κ3) is 4.55. The van der Waals surface area contributed by atoms with Crippen LogP contribution in [0.15, 0.2) is 41.8 Å². The zero-order chi connectivity index (χ0) is 15.2. The van der Waals surface area contributed by atoms with Crippen LogP contribution in [-0.4, -0.2) is 21.8 Å². The van der Waals surface area contributed by atoms with E-state index in [0.29, 0.717) is 11.3 Å². The van der Waals surface area contributed by atoms with E-state index in [1.807, 2.05) is 19.3 Å². The second-order valence-corrected chi connectivity index (χ2v) is 6.66. The fraction of sp³-hybridized carbons (Fsp3) is 0.412. The third-order valence-electron chi connectivity index (χ3n) is 3.38. The number of hydrogen-bond donors (Lipinski definition) is 1. The summed E-state index contributed by atoms with van der Waals surface area (Å²) in [5, 5.41) is 4.77. The summed E-state index contributed by atoms with van der Waals surface area (Å²) in [6.45, 7) is 9.43. The van der Waals surface area contributed by atoms with Crippen LogP contribution in [0, 0.1) is 13.8 Å². The maximum Gasteiger partial charge on any atom is 0.187 e. The molecule has 0 aliphatic carbocycles. The lowest BCUT2D eigenvalue weighted by molar-refractivity contribution is 0.547. The highest BCUT2D eigenvalue weighted by molar-refractivity contribution is 7.99. The Morgan fingerprint density at radius 1 is 1.05 bits per heavy atom. The predicted molar refractivity (Wildman–Crippen MR) is 89.7 cm³/mol. The Bertz CT molecular complexity index is 551. The molecule has 3 nitrogen and oxygen atoms in total. The van der Waals surface area contributed by atoms with E-state index >= 15 is 0 Å². The molecule has 1 aromatic carbocycles. The molecule has 1 N–H and O–H groups in total. The number of aromatic nitrogens is 2. The summed E-state index contributed by atoms with van der Waals surface area (Å²) in [5.41, 5.74) is 3.69. The first kappa shape index (κ1) is 16.0. The Balaban J connectivity index is 2.13. The third-order valence-corrected chi connectivity index (χ3v) is 4.44. The van der Waals surface area contributed by atoms with Gasteiger partial charge in [0.05, 0.1) is 0 Å². The highest BCUT2D eigenvalue weighted by atomic mass is 32.2. The first-order valence-electron chi connectivity index (χ1n) is 7.35. The number of nitrogens with one attached hydrogen (secondary N) is 1. The van der Waals surface area contributed by atoms with E-state index in [0.717, 1.165) is 17.3 Å². The van der Waals surface area contributed by atoms with Gasteiger partial charge in [-0.1, -0.05) is 55.4 Å². The summed E-state index contributed by atoms with van der Waals surface area (Å²) < 4.78 is 0. The van der Waals surface area contributed by atoms with Crippen LogP contribution in [0.1, 0.15) is 36.6 Å². The van der Waals surface area contributed by atoms with Gasteiger partial charge in [0.2, 0.25) is 0 Å². The number of nitrogens with zero attached hydrogens (tertiary/aromatic N) is 2. The fourth-order valence-electron chi connectivity index (χ4n) is 2.22. The Morgan fingerprint density at radius 2 is 1.67 bits per heavy atom. The van der Waals surface area contributed by atoms with Crippen LogP contribution in [0.3, 0.4) is 0 Å². The molecular weight excluding hydrogens is 278 g/mol. The van der Waals surface area contributed by atoms with E-state index < -0.39 is 0 Å². The molecule has 1 aromatic heterocycles. The molecule has 112 valence electrons. The van der Waals surface area contributed by atoms with E-state index in [1.54, 1.807) is 11.8 Å². The summed E-state index contributed by atoms with van der Waals surface area (Å²) in [7, 11) is 0. The minimum Gasteiger partial charge on any atom is -0.309 e. The predicted octanol–water partition coefficient (Wildman–Crippen LogP) is 3.92. The lowest BCUT2D eigenvalue weighted by Crippen LogP contribution is -2.28. The monoisotopic (exact) mass is 301 g/mol. The van der Waals surface area contributed by atoms with Crippen molar-refractivity contribution in [2.75, 3.05) is 6.54 Å². The number of aryl methyl sites for hydroxylation is 2. The summed E-state index contributed by atoms with van der Waals surface area (Å²) in [6.07, 6.45) is 3.74. The van der Waals surface area contributed by atoms with Gasteiger partial charge in [0.15, 0.2) is 5.16 Å². The first-order valence-corrected chi connectivity index (χ1v) is 8.23. The fourth-order valence-corrected chi connectivity index (χ4v) is 3.17. The molecule has 2 atom stereocenters. The molecule has 2 rings (SSSR count). The van der Waals surface area contributed by atoms with Crippen LogP contribution in [-0.2, 0) is 0 Å². The lowest BCUT2D eigenvalue weighted by Gasteiger charge is -2.24. The normalized spacial score (nSPS) is 13.9. The van der Waals surface area contributed by atoms with Crippen molar-refractivity contribution in [2.45, 2.75) is 44.1 Å². The number of benzene rings is 1. The van der Waals surface area contributed by atoms with Crippen molar-refractivity contribution >= 4 is 11.8 Å². The summed E-state index contributed by atoms with van der Waals surface area (Å²) >= 11 is 1.71. The van der Waals surface area contributed by atoms with E-state index in [9.17, 15) is 0 Å². The molecule has 0 bridgehead atoms. The SMILES string of the molecule is CCNC(c1ccc(C)cc1)C(C)Sc1ncc(C)cn1. The van der Waals surface area contributed by atoms with Gasteiger partial charge in [-0.05, 0) is 31.5 Å². The molecule has 21 heavy (non-hydrogen) atoms. The summed E-state index contributed by atoms with van der Waals surface area (Å²) in [6, 6.07) is 9.04. The van der Waals surface area contributed by atoms with Crippen molar-refractivity contribution in [2.24, 2.45) is 0 Å². The average molecular weight is 301 g/mol. The topological polar surface area (TPSA) is 37.8 Å². The van der Waals surface area contributed by atoms with Gasteiger partial charge in [0, 0.05) is 23.7 Å². The number of thioether (sulfide) groups is 1. The van der Waals surface area contributed by atoms with Gasteiger partial charge >= 0.3 is 0 Å². The molecule has 0 amide bonds. The molecule has 0 aliphatic rings. The second kappa shape index (κ2) is 7.57. The Kier molecular flexibility index (Phi) is 5.76. The van der Waals surface area contributed by atoms with Gasteiger partial charge in [0.25, 0.3) is 0 Å². The maximum absolute atomic E-state index is 4.39. The van der Waals surface area contributed by atoms with E-state index in [-0.39, 0.29) is 0 Å². The Hall–Kier alpha value is -1.39. The van der Waals surface area contributed by atoms with Gasteiger partial charge < -0.3 is 5.32 Å². The molecule has 0 saturated heterocycles. The number of rotatable bonds is 6. The molecule has 2 unspecified atom stereocenters. The molecule has 0 saturated carbocycles. The quantitative estimate of drug-likeness (QED) is 0.648. The molecule has 0 fully saturated rings. The van der Waals surface area contributed by atoms with Gasteiger partial charge in [0.1, 0.15) is 0 Å². The summed E-state index contributed by atoms with van der Waals surface area (Å²) in [5.74, 6) is 0. The van der Waals surface area contributed by atoms with Crippen molar-refractivity contribution in [1.29, 1.82) is 0 Å². The minimum absolute atomic E-state index is 0.297. The maximum atomic E-state index is 4.39. The smallest absolute Gasteiger partial charge is 0.187 e. The van der Waals surface area contributed by atoms with E-state index in [2.05, 4.69) is 60.3 Å². The second-order valence-electron chi connectivity index (χ2n) is 5.31. The van der Waals surface area contributed by atoms with Crippen LogP contribution in [0.4, 0.5) is 0 Å². The van der Waals surface area contributed by atoms with Gasteiger partial charge in [-0.3, -0.25) is 0 Å². The van der Waals surface area contributed by atoms with Crippen LogP contribution in [0.5, 0.6) is 0 Å². The Morgan fingerprint density at radius 3 is 2.24 bits per heavy atom. The van der Waals surface area contributed by atoms with Crippen LogP contribution in [0.25, 0.3) is 0 Å². The van der Waals surface area contributed by atoms with Gasteiger partial charge in [-0.2, -0.15) is 0 Å². The van der Waals surface area contributed by atoms with Gasteiger partial charge in [-0.15, -0.1) is 0 Å². The van der Waals surface area contributed by atoms with Crippen molar-refractivity contribution in [3.05, 3.63) is 53.3 Å². The first-order chi connectivity index (χ1) is 10.1. The molecule has 0 spiro atoms. The van der Waals surface area contributed by atoms with Crippen molar-refractivity contribution < 1.29 is 0 Å². The van der Waals surface area contributed by atoms with E-state index in [1.165, 1.54) is 11.1 Å². The van der Waals surface area contributed by atoms with E-state index in [4.69, 9.17) is 0 Å². The molecule has 1 heterocycles. The highest BCUT2D eigenvalue weighted by Gasteiger charge is 2.20. The summed E-state index contributed by atoms with van der Waals surface area (Å²) in [4.78, 5) is 8.79. The highest BCUT2D eigenvalue weighted by Crippen LogP contribution is 2.30. The van der Waals surface area contributed by atoms with Crippen LogP contribution >= 0.6 is 11.8 Å². The largest absolute Gasteiger partial charge is 0.309 e. The Labute approximate surface area is 131 Å². The molecule has 2 aromatic rings. The minimum atomic E-state index is 0.297. The van der Waals surface area contributed by atoms with Crippen LogP contribution < -0.4 is 5.32 Å². The molecule has 4 heteroatoms. The molecule has 0 aliphatic heterocycles. The molecule has 0 radical (unpaired) electrons. The lowest BCUT2D eigenvalue weighted by atomic mass is 10.0.